The lowest BCUT2D eigenvalue weighted by Gasteiger charge is -2.40. The molecule has 0 radical (unpaired) electrons. The monoisotopic (exact) mass is 586 g/mol. The molecule has 2 aromatic carbocycles. The zero-order valence-electron chi connectivity index (χ0n) is 27.2. The van der Waals surface area contributed by atoms with E-state index in [0.29, 0.717) is 29.8 Å². The maximum atomic E-state index is 13.8. The Bertz CT molecular complexity index is 1440. The van der Waals surface area contributed by atoms with E-state index in [-0.39, 0.29) is 18.0 Å². The molecule has 1 heterocycles. The third kappa shape index (κ3) is 7.88. The third-order valence-corrected chi connectivity index (χ3v) is 8.99. The van der Waals surface area contributed by atoms with Gasteiger partial charge in [-0.05, 0) is 126 Å². The summed E-state index contributed by atoms with van der Waals surface area (Å²) in [5.74, 6) is 0.681. The van der Waals surface area contributed by atoms with E-state index in [1.807, 2.05) is 38.1 Å². The van der Waals surface area contributed by atoms with Crippen molar-refractivity contribution >= 4 is 11.6 Å². The summed E-state index contributed by atoms with van der Waals surface area (Å²) in [6.45, 7) is 11.9. The Labute approximate surface area is 257 Å². The summed E-state index contributed by atoms with van der Waals surface area (Å²) < 4.78 is 5.90. The minimum absolute atomic E-state index is 0.157. The number of amides is 1. The number of H-pyrrole nitrogens is 1. The molecule has 1 aliphatic rings. The van der Waals surface area contributed by atoms with Gasteiger partial charge in [0, 0.05) is 47.7 Å². The number of carbonyl (C=O) groups is 1. The average Bonchev–Trinajstić information content (AvgIpc) is 2.98. The van der Waals surface area contributed by atoms with Crippen molar-refractivity contribution in [3.63, 3.8) is 0 Å². The third-order valence-electron chi connectivity index (χ3n) is 8.99. The van der Waals surface area contributed by atoms with Gasteiger partial charge in [-0.25, -0.2) is 0 Å². The molecule has 0 spiro atoms. The van der Waals surface area contributed by atoms with E-state index in [4.69, 9.17) is 4.74 Å². The number of hydrogen-bond acceptors (Lipinski definition) is 5. The molecule has 0 aliphatic heterocycles. The second kappa shape index (κ2) is 14.7. The summed E-state index contributed by atoms with van der Waals surface area (Å²) in [5.41, 5.74) is 6.85. The molecule has 4 rings (SSSR count). The van der Waals surface area contributed by atoms with Crippen LogP contribution in [0.4, 0.5) is 5.69 Å². The molecule has 43 heavy (non-hydrogen) atoms. The predicted octanol–water partition coefficient (Wildman–Crippen LogP) is 6.78. The fourth-order valence-electron chi connectivity index (χ4n) is 6.35. The van der Waals surface area contributed by atoms with Crippen LogP contribution in [0.15, 0.2) is 47.3 Å². The van der Waals surface area contributed by atoms with Gasteiger partial charge >= 0.3 is 0 Å². The number of hydrogen-bond donors (Lipinski definition) is 2. The Morgan fingerprint density at radius 1 is 0.953 bits per heavy atom. The van der Waals surface area contributed by atoms with Crippen LogP contribution in [0.2, 0.25) is 0 Å². The second-order valence-corrected chi connectivity index (χ2v) is 12.2. The van der Waals surface area contributed by atoms with Crippen molar-refractivity contribution in [2.45, 2.75) is 91.8 Å². The zero-order chi connectivity index (χ0) is 31.1. The number of rotatable bonds is 12. The highest BCUT2D eigenvalue weighted by Crippen LogP contribution is 2.36. The van der Waals surface area contributed by atoms with Crippen LogP contribution in [-0.4, -0.2) is 55.1 Å². The first-order valence-corrected chi connectivity index (χ1v) is 15.9. The molecule has 7 heteroatoms. The topological polar surface area (TPSA) is 77.7 Å². The summed E-state index contributed by atoms with van der Waals surface area (Å²) in [7, 11) is 4.35. The van der Waals surface area contributed by atoms with Crippen molar-refractivity contribution < 1.29 is 9.53 Å². The van der Waals surface area contributed by atoms with Crippen molar-refractivity contribution in [3.05, 3.63) is 80.8 Å². The summed E-state index contributed by atoms with van der Waals surface area (Å²) in [5, 5.41) is 3.05. The standard InChI is InChI=1S/C36H50N4O3/c1-8-10-19-43-31-17-11-27(12-18-31)28-21-32(35(41)37-23-33-24(3)20-25(4)38-36(33)42)26(5)34(22-28)40(9-2)30-15-13-29(14-16-30)39(6)7/h11-12,17-18,20-22,29-30H,8-10,13-16,19,23H2,1-7H3,(H,37,41)(H,38,42)/t29-,30-. The zero-order valence-corrected chi connectivity index (χ0v) is 27.2. The fraction of sp³-hybridized carbons (Fsp3) is 0.500. The summed E-state index contributed by atoms with van der Waals surface area (Å²) in [6, 6.07) is 15.4. The number of nitrogens with one attached hydrogen (secondary N) is 2. The van der Waals surface area contributed by atoms with Crippen LogP contribution in [0, 0.1) is 20.8 Å². The van der Waals surface area contributed by atoms with E-state index in [0.717, 1.165) is 71.6 Å². The van der Waals surface area contributed by atoms with Crippen molar-refractivity contribution in [1.29, 1.82) is 0 Å². The molecular weight excluding hydrogens is 536 g/mol. The Kier molecular flexibility index (Phi) is 11.1. The molecule has 1 amide bonds. The molecule has 1 saturated carbocycles. The highest BCUT2D eigenvalue weighted by atomic mass is 16.5. The number of aromatic amines is 1. The largest absolute Gasteiger partial charge is 0.494 e. The Morgan fingerprint density at radius 3 is 2.23 bits per heavy atom. The van der Waals surface area contributed by atoms with Crippen LogP contribution in [0.1, 0.15) is 85.1 Å². The van der Waals surface area contributed by atoms with Gasteiger partial charge in [0.25, 0.3) is 11.5 Å². The minimum Gasteiger partial charge on any atom is -0.494 e. The van der Waals surface area contributed by atoms with Crippen LogP contribution >= 0.6 is 0 Å². The average molecular weight is 587 g/mol. The first-order valence-electron chi connectivity index (χ1n) is 15.9. The van der Waals surface area contributed by atoms with E-state index in [2.05, 4.69) is 73.2 Å². The molecule has 0 unspecified atom stereocenters. The van der Waals surface area contributed by atoms with E-state index in [9.17, 15) is 9.59 Å². The molecule has 7 nitrogen and oxygen atoms in total. The predicted molar refractivity (Wildman–Crippen MR) is 177 cm³/mol. The van der Waals surface area contributed by atoms with E-state index >= 15 is 0 Å². The van der Waals surface area contributed by atoms with Crippen molar-refractivity contribution in [2.24, 2.45) is 0 Å². The molecule has 232 valence electrons. The van der Waals surface area contributed by atoms with E-state index in [1.165, 1.54) is 12.8 Å². The Hall–Kier alpha value is -3.58. The summed E-state index contributed by atoms with van der Waals surface area (Å²) in [6.07, 6.45) is 6.72. The highest BCUT2D eigenvalue weighted by molar-refractivity contribution is 5.99. The lowest BCUT2D eigenvalue weighted by Crippen LogP contribution is -2.42. The number of aromatic nitrogens is 1. The Morgan fingerprint density at radius 2 is 1.63 bits per heavy atom. The summed E-state index contributed by atoms with van der Waals surface area (Å²) >= 11 is 0. The number of unbranched alkanes of at least 4 members (excludes halogenated alkanes) is 1. The number of carbonyl (C=O) groups excluding carboxylic acids is 1. The van der Waals surface area contributed by atoms with Crippen molar-refractivity contribution in [2.75, 3.05) is 32.1 Å². The molecule has 0 bridgehead atoms. The molecule has 1 aliphatic carbocycles. The molecular formula is C36H50N4O3. The molecule has 3 aromatic rings. The Balaban J connectivity index is 1.68. The maximum Gasteiger partial charge on any atom is 0.253 e. The van der Waals surface area contributed by atoms with Crippen LogP contribution in [0.25, 0.3) is 11.1 Å². The van der Waals surface area contributed by atoms with Gasteiger partial charge in [-0.15, -0.1) is 0 Å². The molecule has 2 N–H and O–H groups in total. The molecule has 0 saturated heterocycles. The minimum atomic E-state index is -0.174. The van der Waals surface area contributed by atoms with Crippen LogP contribution < -0.4 is 20.5 Å². The number of pyridine rings is 1. The highest BCUT2D eigenvalue weighted by Gasteiger charge is 2.28. The number of ether oxygens (including phenoxy) is 1. The van der Waals surface area contributed by atoms with Gasteiger partial charge in [-0.3, -0.25) is 9.59 Å². The second-order valence-electron chi connectivity index (χ2n) is 12.2. The van der Waals surface area contributed by atoms with Crippen LogP contribution in [0.5, 0.6) is 5.75 Å². The first-order chi connectivity index (χ1) is 20.6. The number of nitrogens with zero attached hydrogens (tertiary/aromatic N) is 2. The quantitative estimate of drug-likeness (QED) is 0.229. The van der Waals surface area contributed by atoms with E-state index in [1.54, 1.807) is 0 Å². The van der Waals surface area contributed by atoms with Crippen molar-refractivity contribution in [3.8, 4) is 16.9 Å². The fourth-order valence-corrected chi connectivity index (χ4v) is 6.35. The lowest BCUT2D eigenvalue weighted by molar-refractivity contribution is 0.0950. The molecule has 1 aromatic heterocycles. The van der Waals surface area contributed by atoms with Gasteiger partial charge in [0.2, 0.25) is 0 Å². The maximum absolute atomic E-state index is 13.8. The van der Waals surface area contributed by atoms with Crippen LogP contribution in [-0.2, 0) is 6.54 Å². The van der Waals surface area contributed by atoms with Crippen LogP contribution in [0.3, 0.4) is 0 Å². The first kappa shape index (κ1) is 32.3. The van der Waals surface area contributed by atoms with Crippen molar-refractivity contribution in [1.82, 2.24) is 15.2 Å². The summed E-state index contributed by atoms with van der Waals surface area (Å²) in [4.78, 5) is 34.1. The number of anilines is 1. The van der Waals surface area contributed by atoms with Gasteiger partial charge in [0.15, 0.2) is 0 Å². The number of aryl methyl sites for hydroxylation is 2. The van der Waals surface area contributed by atoms with Gasteiger partial charge in [0.05, 0.1) is 6.61 Å². The van der Waals surface area contributed by atoms with Gasteiger partial charge in [0.1, 0.15) is 5.75 Å². The van der Waals surface area contributed by atoms with Gasteiger partial charge in [-0.2, -0.15) is 0 Å². The number of benzene rings is 2. The SMILES string of the molecule is CCCCOc1ccc(-c2cc(C(=O)NCc3c(C)cc(C)[nH]c3=O)c(C)c(N(CC)[C@H]3CC[C@H](N(C)C)CC3)c2)cc1. The lowest BCUT2D eigenvalue weighted by atomic mass is 9.88. The molecule has 1 fully saturated rings. The van der Waals surface area contributed by atoms with E-state index < -0.39 is 0 Å². The van der Waals surface area contributed by atoms with Gasteiger partial charge < -0.3 is 24.8 Å². The normalized spacial score (nSPS) is 16.7. The smallest absolute Gasteiger partial charge is 0.253 e. The van der Waals surface area contributed by atoms with Gasteiger partial charge in [-0.1, -0.05) is 25.5 Å². The molecule has 0 atom stereocenters.